The molecular weight excluding hydrogens is 304 g/mol. The van der Waals surface area contributed by atoms with E-state index in [2.05, 4.69) is 25.3 Å². The Kier molecular flexibility index (Phi) is 4.70. The number of carbonyl (C=O) groups is 1. The van der Waals surface area contributed by atoms with E-state index < -0.39 is 5.91 Å². The highest BCUT2D eigenvalue weighted by Crippen LogP contribution is 2.30. The van der Waals surface area contributed by atoms with Gasteiger partial charge < -0.3 is 10.3 Å². The van der Waals surface area contributed by atoms with Gasteiger partial charge in [-0.15, -0.1) is 0 Å². The van der Waals surface area contributed by atoms with E-state index in [1.165, 1.54) is 0 Å². The van der Waals surface area contributed by atoms with E-state index in [1.54, 1.807) is 25.3 Å². The van der Waals surface area contributed by atoms with Crippen LogP contribution < -0.4 is 5.32 Å². The van der Waals surface area contributed by atoms with Gasteiger partial charge >= 0.3 is 0 Å². The Balaban J connectivity index is 2.50. The van der Waals surface area contributed by atoms with E-state index in [0.717, 1.165) is 11.3 Å². The maximum Gasteiger partial charge on any atom is 0.250 e. The number of pyridine rings is 1. The Morgan fingerprint density at radius 1 is 1.50 bits per heavy atom. The summed E-state index contributed by atoms with van der Waals surface area (Å²) in [6.07, 6.45) is 1.63. The summed E-state index contributed by atoms with van der Waals surface area (Å²) in [5.41, 5.74) is 11.6. The molecule has 0 aromatic carbocycles. The third kappa shape index (κ3) is 3.39. The molecule has 0 aliphatic rings. The first-order valence-electron chi connectivity index (χ1n) is 6.64. The average Bonchev–Trinajstić information content (AvgIpc) is 2.80. The maximum absolute atomic E-state index is 11.7. The number of hydrogen-bond donors (Lipinski definition) is 2. The zero-order valence-electron chi connectivity index (χ0n) is 12.4. The van der Waals surface area contributed by atoms with Crippen LogP contribution >= 0.6 is 11.6 Å². The molecule has 0 unspecified atom stereocenters. The number of anilines is 1. The normalized spacial score (nSPS) is 10.4. The third-order valence-corrected chi connectivity index (χ3v) is 3.19. The van der Waals surface area contributed by atoms with Gasteiger partial charge in [0.1, 0.15) is 5.15 Å². The molecule has 2 aromatic heterocycles. The molecule has 0 radical (unpaired) electrons. The molecule has 1 amide bonds. The number of carbonyl (C=O) groups excluding carboxylic acids is 1. The summed E-state index contributed by atoms with van der Waals surface area (Å²) in [5, 5.41) is 6.78. The van der Waals surface area contributed by atoms with Gasteiger partial charge in [-0.1, -0.05) is 11.6 Å². The second kappa shape index (κ2) is 6.51. The van der Waals surface area contributed by atoms with Crippen LogP contribution in [0.2, 0.25) is 5.15 Å². The second-order valence-corrected chi connectivity index (χ2v) is 5.46. The summed E-state index contributed by atoms with van der Waals surface area (Å²) in [6, 6.07) is 3.57. The first kappa shape index (κ1) is 15.9. The number of halogens is 1. The van der Waals surface area contributed by atoms with Crippen LogP contribution in [0, 0.1) is 6.92 Å². The zero-order valence-corrected chi connectivity index (χ0v) is 13.1. The van der Waals surface area contributed by atoms with Crippen molar-refractivity contribution in [3.63, 3.8) is 0 Å². The van der Waals surface area contributed by atoms with Crippen molar-refractivity contribution in [2.45, 2.75) is 26.8 Å². The number of rotatable bonds is 4. The van der Waals surface area contributed by atoms with Gasteiger partial charge in [0.05, 0.1) is 0 Å². The molecule has 114 valence electrons. The smallest absolute Gasteiger partial charge is 0.250 e. The van der Waals surface area contributed by atoms with Crippen molar-refractivity contribution >= 4 is 23.2 Å². The number of amides is 1. The van der Waals surface area contributed by atoms with Crippen molar-refractivity contribution in [1.82, 2.24) is 9.97 Å². The van der Waals surface area contributed by atoms with Crippen LogP contribution in [0.3, 0.4) is 0 Å². The molecule has 2 N–H and O–H groups in total. The first-order valence-corrected chi connectivity index (χ1v) is 7.01. The van der Waals surface area contributed by atoms with E-state index >= 15 is 0 Å². The van der Waals surface area contributed by atoms with E-state index in [9.17, 15) is 4.79 Å². The lowest BCUT2D eigenvalue weighted by atomic mass is 10.1. The van der Waals surface area contributed by atoms with E-state index in [4.69, 9.17) is 17.1 Å². The highest BCUT2D eigenvalue weighted by molar-refractivity contribution is 6.29. The topological polar surface area (TPSA) is 107 Å². The lowest BCUT2D eigenvalue weighted by Crippen LogP contribution is -2.10. The predicted molar refractivity (Wildman–Crippen MR) is 86.0 cm³/mol. The van der Waals surface area contributed by atoms with Gasteiger partial charge in [-0.25, -0.2) is 4.98 Å². The highest BCUT2D eigenvalue weighted by atomic mass is 35.5. The molecule has 8 heteroatoms. The molecule has 0 bridgehead atoms. The van der Waals surface area contributed by atoms with Crippen molar-refractivity contribution in [3.8, 4) is 11.3 Å². The summed E-state index contributed by atoms with van der Waals surface area (Å²) >= 11 is 5.95. The van der Waals surface area contributed by atoms with Gasteiger partial charge in [0.25, 0.3) is 5.91 Å². The van der Waals surface area contributed by atoms with Crippen molar-refractivity contribution in [3.05, 3.63) is 45.2 Å². The Morgan fingerprint density at radius 3 is 2.86 bits per heavy atom. The number of H-pyrrole nitrogens is 1. The van der Waals surface area contributed by atoms with Gasteiger partial charge in [-0.05, 0) is 43.5 Å². The molecule has 0 aliphatic carbocycles. The van der Waals surface area contributed by atoms with E-state index in [1.807, 2.05) is 13.8 Å². The number of aromatic nitrogens is 2. The lowest BCUT2D eigenvalue weighted by molar-refractivity contribution is 0.1000. The number of nitrogens with one attached hydrogen (secondary N) is 2. The largest absolute Gasteiger partial charge is 0.382 e. The van der Waals surface area contributed by atoms with Crippen LogP contribution in [0.5, 0.6) is 0 Å². The second-order valence-electron chi connectivity index (χ2n) is 5.07. The monoisotopic (exact) mass is 318 g/mol. The van der Waals surface area contributed by atoms with Crippen LogP contribution in [0.15, 0.2) is 23.4 Å². The molecule has 7 nitrogen and oxygen atoms in total. The summed E-state index contributed by atoms with van der Waals surface area (Å²) in [5.74, 6) is -0.622. The lowest BCUT2D eigenvalue weighted by Gasteiger charge is -2.14. The number of hydrogen-bond acceptors (Lipinski definition) is 3. The van der Waals surface area contributed by atoms with Gasteiger partial charge in [0, 0.05) is 45.4 Å². The molecule has 0 aliphatic heterocycles. The predicted octanol–water partition coefficient (Wildman–Crippen LogP) is 4.31. The van der Waals surface area contributed by atoms with Crippen LogP contribution in [0.4, 0.5) is 5.69 Å². The van der Waals surface area contributed by atoms with Gasteiger partial charge in [-0.2, -0.15) is 0 Å². The number of aryl methyl sites for hydroxylation is 1. The molecule has 0 saturated heterocycles. The third-order valence-electron chi connectivity index (χ3n) is 2.99. The van der Waals surface area contributed by atoms with E-state index in [-0.39, 0.29) is 6.04 Å². The highest BCUT2D eigenvalue weighted by Gasteiger charge is 2.15. The van der Waals surface area contributed by atoms with Crippen LogP contribution in [0.1, 0.15) is 29.9 Å². The standard InChI is InChI=1S/C14H15ClN6O/c1-7(2)18-12-5-13(15)17-6-10(12)11-4-9(8(3)19-11)14(22)20-21-16/h4-7,19H,1-3H3,(H,17,18). The molecular formula is C14H15ClN6O. The number of azide groups is 1. The summed E-state index contributed by atoms with van der Waals surface area (Å²) in [4.78, 5) is 21.4. The minimum atomic E-state index is -0.622. The van der Waals surface area contributed by atoms with Gasteiger partial charge in [-0.3, -0.25) is 4.79 Å². The Bertz CT molecular complexity index is 761. The molecule has 0 saturated carbocycles. The quantitative estimate of drug-likeness (QED) is 0.379. The zero-order chi connectivity index (χ0) is 16.3. The summed E-state index contributed by atoms with van der Waals surface area (Å²) in [7, 11) is 0. The number of nitrogens with zero attached hydrogens (tertiary/aromatic N) is 4. The minimum absolute atomic E-state index is 0.206. The van der Waals surface area contributed by atoms with Gasteiger partial charge in [0.2, 0.25) is 0 Å². The minimum Gasteiger partial charge on any atom is -0.382 e. The Morgan fingerprint density at radius 2 is 2.23 bits per heavy atom. The fraction of sp³-hybridized carbons (Fsp3) is 0.286. The summed E-state index contributed by atoms with van der Waals surface area (Å²) < 4.78 is 0. The number of aromatic amines is 1. The van der Waals surface area contributed by atoms with Crippen molar-refractivity contribution in [2.24, 2.45) is 5.11 Å². The van der Waals surface area contributed by atoms with Crippen molar-refractivity contribution in [2.75, 3.05) is 5.32 Å². The molecule has 0 spiro atoms. The molecule has 0 fully saturated rings. The molecule has 2 aromatic rings. The molecule has 2 heterocycles. The van der Waals surface area contributed by atoms with Crippen molar-refractivity contribution < 1.29 is 4.79 Å². The molecule has 22 heavy (non-hydrogen) atoms. The van der Waals surface area contributed by atoms with Crippen molar-refractivity contribution in [1.29, 1.82) is 0 Å². The first-order chi connectivity index (χ1) is 10.4. The Labute approximate surface area is 132 Å². The fourth-order valence-electron chi connectivity index (χ4n) is 2.09. The average molecular weight is 319 g/mol. The SMILES string of the molecule is Cc1[nH]c(-c2cnc(Cl)cc2NC(C)C)cc1C(=O)N=[N+]=[N-]. The van der Waals surface area contributed by atoms with Crippen LogP contribution in [-0.4, -0.2) is 21.9 Å². The van der Waals surface area contributed by atoms with E-state index in [0.29, 0.717) is 22.1 Å². The maximum atomic E-state index is 11.7. The van der Waals surface area contributed by atoms with Gasteiger partial charge in [0.15, 0.2) is 0 Å². The fourth-order valence-corrected chi connectivity index (χ4v) is 2.25. The van der Waals surface area contributed by atoms with Crippen LogP contribution in [-0.2, 0) is 0 Å². The molecule has 0 atom stereocenters. The molecule has 2 rings (SSSR count). The Hall–Kier alpha value is -2.50. The summed E-state index contributed by atoms with van der Waals surface area (Å²) in [6.45, 7) is 5.76. The van der Waals surface area contributed by atoms with Crippen LogP contribution in [0.25, 0.3) is 21.7 Å².